The number of hydrogen-bond acceptors (Lipinski definition) is 4. The van der Waals surface area contributed by atoms with Crippen LogP contribution in [0, 0.1) is 5.92 Å². The lowest BCUT2D eigenvalue weighted by molar-refractivity contribution is 0.101. The Labute approximate surface area is 157 Å². The molecule has 1 aromatic carbocycles. The Bertz CT molecular complexity index is 909. The van der Waals surface area contributed by atoms with Crippen molar-refractivity contribution in [2.75, 3.05) is 25.0 Å². The smallest absolute Gasteiger partial charge is 0.272 e. The maximum atomic E-state index is 12.8. The Morgan fingerprint density at radius 2 is 2.12 bits per heavy atom. The number of fused-ring (bicyclic) bond motifs is 1. The zero-order valence-electron chi connectivity index (χ0n) is 14.8. The summed E-state index contributed by atoms with van der Waals surface area (Å²) in [6.07, 6.45) is 2.27. The highest BCUT2D eigenvalue weighted by molar-refractivity contribution is 7.17. The highest BCUT2D eigenvalue weighted by atomic mass is 32.1. The number of anilines is 1. The van der Waals surface area contributed by atoms with Crippen molar-refractivity contribution in [3.8, 4) is 5.75 Å². The molecule has 136 valence electrons. The SMILES string of the molecule is Cn1c(C(=O)Nc2ccccc2OCC2CCNCC2)cc2sccc21. The molecular weight excluding hydrogens is 346 g/mol. The van der Waals surface area contributed by atoms with Gasteiger partial charge in [-0.1, -0.05) is 12.1 Å². The molecule has 0 radical (unpaired) electrons. The van der Waals surface area contributed by atoms with Crippen molar-refractivity contribution >= 4 is 33.1 Å². The lowest BCUT2D eigenvalue weighted by Crippen LogP contribution is -2.30. The number of ether oxygens (including phenoxy) is 1. The van der Waals surface area contributed by atoms with E-state index in [4.69, 9.17) is 4.74 Å². The first-order valence-electron chi connectivity index (χ1n) is 8.99. The molecule has 2 N–H and O–H groups in total. The van der Waals surface area contributed by atoms with Crippen LogP contribution in [0.3, 0.4) is 0 Å². The van der Waals surface area contributed by atoms with Gasteiger partial charge in [0, 0.05) is 7.05 Å². The number of aryl methyl sites for hydroxylation is 1. The molecule has 0 aliphatic carbocycles. The van der Waals surface area contributed by atoms with Crippen LogP contribution in [-0.2, 0) is 7.05 Å². The second-order valence-electron chi connectivity index (χ2n) is 6.71. The van der Waals surface area contributed by atoms with E-state index in [1.165, 1.54) is 0 Å². The normalized spacial score (nSPS) is 15.3. The fraction of sp³-hybridized carbons (Fsp3) is 0.350. The number of thiophene rings is 1. The fourth-order valence-electron chi connectivity index (χ4n) is 3.41. The first-order valence-corrected chi connectivity index (χ1v) is 9.87. The van der Waals surface area contributed by atoms with Crippen LogP contribution in [-0.4, -0.2) is 30.2 Å². The Balaban J connectivity index is 1.48. The van der Waals surface area contributed by atoms with E-state index in [2.05, 4.69) is 10.6 Å². The van der Waals surface area contributed by atoms with Crippen LogP contribution in [0.1, 0.15) is 23.3 Å². The van der Waals surface area contributed by atoms with E-state index in [-0.39, 0.29) is 5.91 Å². The molecule has 26 heavy (non-hydrogen) atoms. The van der Waals surface area contributed by atoms with Crippen LogP contribution in [0.5, 0.6) is 5.75 Å². The highest BCUT2D eigenvalue weighted by Gasteiger charge is 2.17. The van der Waals surface area contributed by atoms with Crippen LogP contribution < -0.4 is 15.4 Å². The first kappa shape index (κ1) is 17.1. The number of carbonyl (C=O) groups excluding carboxylic acids is 1. The van der Waals surface area contributed by atoms with E-state index < -0.39 is 0 Å². The average Bonchev–Trinajstić information content (AvgIpc) is 3.25. The Morgan fingerprint density at radius 1 is 1.31 bits per heavy atom. The van der Waals surface area contributed by atoms with E-state index >= 15 is 0 Å². The lowest BCUT2D eigenvalue weighted by Gasteiger charge is -2.23. The predicted octanol–water partition coefficient (Wildman–Crippen LogP) is 3.87. The van der Waals surface area contributed by atoms with Gasteiger partial charge in [0.2, 0.25) is 0 Å². The zero-order valence-corrected chi connectivity index (χ0v) is 15.6. The topological polar surface area (TPSA) is 55.3 Å². The summed E-state index contributed by atoms with van der Waals surface area (Å²) in [4.78, 5) is 12.8. The predicted molar refractivity (Wildman–Crippen MR) is 106 cm³/mol. The summed E-state index contributed by atoms with van der Waals surface area (Å²) in [5.41, 5.74) is 2.45. The molecule has 1 aliphatic heterocycles. The first-order chi connectivity index (χ1) is 12.7. The Hall–Kier alpha value is -2.31. The molecule has 0 saturated carbocycles. The Morgan fingerprint density at radius 3 is 2.92 bits per heavy atom. The molecule has 6 heteroatoms. The van der Waals surface area contributed by atoms with Gasteiger partial charge in [0.25, 0.3) is 5.91 Å². The fourth-order valence-corrected chi connectivity index (χ4v) is 4.26. The number of para-hydroxylation sites is 2. The van der Waals surface area contributed by atoms with E-state index in [9.17, 15) is 4.79 Å². The molecule has 3 aromatic rings. The van der Waals surface area contributed by atoms with Gasteiger partial charge in [-0.05, 0) is 61.5 Å². The van der Waals surface area contributed by atoms with Crippen molar-refractivity contribution in [3.63, 3.8) is 0 Å². The number of aromatic nitrogens is 1. The van der Waals surface area contributed by atoms with Gasteiger partial charge in [-0.15, -0.1) is 11.3 Å². The van der Waals surface area contributed by atoms with Gasteiger partial charge in [0.15, 0.2) is 0 Å². The molecule has 0 atom stereocenters. The zero-order chi connectivity index (χ0) is 17.9. The van der Waals surface area contributed by atoms with Gasteiger partial charge in [0.1, 0.15) is 11.4 Å². The third kappa shape index (κ3) is 3.48. The van der Waals surface area contributed by atoms with Crippen LogP contribution in [0.4, 0.5) is 5.69 Å². The number of nitrogens with zero attached hydrogens (tertiary/aromatic N) is 1. The van der Waals surface area contributed by atoms with E-state index in [0.29, 0.717) is 18.2 Å². The third-order valence-corrected chi connectivity index (χ3v) is 5.82. The molecule has 1 aliphatic rings. The van der Waals surface area contributed by atoms with Crippen molar-refractivity contribution in [1.29, 1.82) is 0 Å². The number of amides is 1. The van der Waals surface area contributed by atoms with Crippen molar-refractivity contribution in [3.05, 3.63) is 47.5 Å². The van der Waals surface area contributed by atoms with Gasteiger partial charge in [-0.25, -0.2) is 0 Å². The van der Waals surface area contributed by atoms with Crippen molar-refractivity contribution in [1.82, 2.24) is 9.88 Å². The minimum Gasteiger partial charge on any atom is -0.491 e. The van der Waals surface area contributed by atoms with Crippen LogP contribution in [0.2, 0.25) is 0 Å². The molecule has 2 aromatic heterocycles. The number of nitrogens with one attached hydrogen (secondary N) is 2. The number of benzene rings is 1. The molecule has 0 bridgehead atoms. The highest BCUT2D eigenvalue weighted by Crippen LogP contribution is 2.28. The molecule has 4 rings (SSSR count). The van der Waals surface area contributed by atoms with Crippen molar-refractivity contribution in [2.45, 2.75) is 12.8 Å². The summed E-state index contributed by atoms with van der Waals surface area (Å²) < 4.78 is 9.09. The summed E-state index contributed by atoms with van der Waals surface area (Å²) in [6, 6.07) is 11.6. The molecular formula is C20H23N3O2S. The maximum Gasteiger partial charge on any atom is 0.272 e. The maximum absolute atomic E-state index is 12.8. The lowest BCUT2D eigenvalue weighted by atomic mass is 9.99. The molecule has 1 saturated heterocycles. The van der Waals surface area contributed by atoms with E-state index in [1.807, 2.05) is 53.4 Å². The second-order valence-corrected chi connectivity index (χ2v) is 7.66. The van der Waals surface area contributed by atoms with Crippen molar-refractivity contribution in [2.24, 2.45) is 13.0 Å². The summed E-state index contributed by atoms with van der Waals surface area (Å²) in [5.74, 6) is 1.18. The van der Waals surface area contributed by atoms with Gasteiger partial charge >= 0.3 is 0 Å². The van der Waals surface area contributed by atoms with Gasteiger partial charge in [-0.3, -0.25) is 4.79 Å². The minimum atomic E-state index is -0.117. The average molecular weight is 369 g/mol. The van der Waals surface area contributed by atoms with E-state index in [0.717, 1.165) is 47.6 Å². The largest absolute Gasteiger partial charge is 0.491 e. The van der Waals surface area contributed by atoms with Crippen LogP contribution in [0.25, 0.3) is 10.2 Å². The number of hydrogen-bond donors (Lipinski definition) is 2. The summed E-state index contributed by atoms with van der Waals surface area (Å²) in [5, 5.41) is 8.42. The molecule has 5 nitrogen and oxygen atoms in total. The monoisotopic (exact) mass is 369 g/mol. The van der Waals surface area contributed by atoms with Gasteiger partial charge in [-0.2, -0.15) is 0 Å². The number of carbonyl (C=O) groups is 1. The quantitative estimate of drug-likeness (QED) is 0.718. The molecule has 1 amide bonds. The molecule has 3 heterocycles. The third-order valence-electron chi connectivity index (χ3n) is 4.97. The van der Waals surface area contributed by atoms with Crippen molar-refractivity contribution < 1.29 is 9.53 Å². The Kier molecular flexibility index (Phi) is 4.95. The number of rotatable bonds is 5. The standard InChI is InChI=1S/C20H23N3O2S/c1-23-16-8-11-26-19(16)12-17(23)20(24)22-15-4-2-3-5-18(15)25-13-14-6-9-21-10-7-14/h2-5,8,11-12,14,21H,6-7,9-10,13H2,1H3,(H,22,24). The molecule has 0 unspecified atom stereocenters. The van der Waals surface area contributed by atoms with Gasteiger partial charge < -0.3 is 19.9 Å². The van der Waals surface area contributed by atoms with Gasteiger partial charge in [0.05, 0.1) is 22.5 Å². The number of piperidine rings is 1. The summed E-state index contributed by atoms with van der Waals surface area (Å²) >= 11 is 1.64. The minimum absolute atomic E-state index is 0.117. The second kappa shape index (κ2) is 7.51. The van der Waals surface area contributed by atoms with E-state index in [1.54, 1.807) is 11.3 Å². The van der Waals surface area contributed by atoms with Crippen LogP contribution >= 0.6 is 11.3 Å². The molecule has 0 spiro atoms. The summed E-state index contributed by atoms with van der Waals surface area (Å²) in [6.45, 7) is 2.79. The molecule has 1 fully saturated rings. The van der Waals surface area contributed by atoms with Crippen LogP contribution in [0.15, 0.2) is 41.8 Å². The summed E-state index contributed by atoms with van der Waals surface area (Å²) in [7, 11) is 1.92.